The lowest BCUT2D eigenvalue weighted by Gasteiger charge is -2.32. The van der Waals surface area contributed by atoms with Crippen LogP contribution < -0.4 is 0 Å². The third kappa shape index (κ3) is 4.31. The standard InChI is InChI=1S/C18H27NO3/c1-18(2,3)15-8-6-13(7-9-15)16(20)12-19-10-4-5-14(11-19)17(21)22/h6-9,14,16,20H,4-5,10-12H2,1-3H3,(H,21,22). The molecule has 0 radical (unpaired) electrons. The van der Waals surface area contributed by atoms with E-state index in [0.717, 1.165) is 24.9 Å². The lowest BCUT2D eigenvalue weighted by atomic mass is 9.86. The van der Waals surface area contributed by atoms with Crippen LogP contribution in [0.1, 0.15) is 50.8 Å². The Morgan fingerprint density at radius 2 is 1.95 bits per heavy atom. The molecule has 0 bridgehead atoms. The average molecular weight is 305 g/mol. The molecule has 1 aliphatic heterocycles. The molecule has 4 nitrogen and oxygen atoms in total. The average Bonchev–Trinajstić information content (AvgIpc) is 2.46. The molecule has 122 valence electrons. The highest BCUT2D eigenvalue weighted by Gasteiger charge is 2.26. The maximum absolute atomic E-state index is 11.1. The van der Waals surface area contributed by atoms with Crippen LogP contribution in [0.25, 0.3) is 0 Å². The fraction of sp³-hybridized carbons (Fsp3) is 0.611. The molecule has 1 saturated heterocycles. The highest BCUT2D eigenvalue weighted by Crippen LogP contribution is 2.25. The van der Waals surface area contributed by atoms with Crippen LogP contribution in [0.2, 0.25) is 0 Å². The fourth-order valence-electron chi connectivity index (χ4n) is 2.98. The second kappa shape index (κ2) is 6.80. The monoisotopic (exact) mass is 305 g/mol. The van der Waals surface area contributed by atoms with E-state index in [1.807, 2.05) is 12.1 Å². The van der Waals surface area contributed by atoms with Crippen molar-refractivity contribution >= 4 is 5.97 Å². The number of nitrogens with zero attached hydrogens (tertiary/aromatic N) is 1. The van der Waals surface area contributed by atoms with Gasteiger partial charge in [-0.2, -0.15) is 0 Å². The largest absolute Gasteiger partial charge is 0.481 e. The number of aliphatic hydroxyl groups is 1. The number of carboxylic acid groups (broad SMARTS) is 1. The normalized spacial score (nSPS) is 21.5. The summed E-state index contributed by atoms with van der Waals surface area (Å²) in [6.45, 7) is 8.39. The molecular weight excluding hydrogens is 278 g/mol. The minimum absolute atomic E-state index is 0.102. The van der Waals surface area contributed by atoms with Gasteiger partial charge in [0, 0.05) is 13.1 Å². The topological polar surface area (TPSA) is 60.8 Å². The van der Waals surface area contributed by atoms with Crippen molar-refractivity contribution < 1.29 is 15.0 Å². The summed E-state index contributed by atoms with van der Waals surface area (Å²) in [4.78, 5) is 13.2. The van der Waals surface area contributed by atoms with Gasteiger partial charge < -0.3 is 10.2 Å². The van der Waals surface area contributed by atoms with Crippen molar-refractivity contribution in [1.29, 1.82) is 0 Å². The van der Waals surface area contributed by atoms with Crippen molar-refractivity contribution in [2.45, 2.75) is 45.1 Å². The molecule has 2 N–H and O–H groups in total. The third-order valence-corrected chi connectivity index (χ3v) is 4.45. The van der Waals surface area contributed by atoms with Crippen molar-refractivity contribution in [3.63, 3.8) is 0 Å². The van der Waals surface area contributed by atoms with Gasteiger partial charge in [0.1, 0.15) is 0 Å². The quantitative estimate of drug-likeness (QED) is 0.898. The van der Waals surface area contributed by atoms with Crippen LogP contribution in [0.5, 0.6) is 0 Å². The molecule has 1 aromatic rings. The van der Waals surface area contributed by atoms with Crippen LogP contribution >= 0.6 is 0 Å². The maximum atomic E-state index is 11.1. The minimum atomic E-state index is -0.728. The molecule has 0 aromatic heterocycles. The van der Waals surface area contributed by atoms with E-state index in [-0.39, 0.29) is 11.3 Å². The molecule has 1 aromatic carbocycles. The molecule has 22 heavy (non-hydrogen) atoms. The molecule has 1 heterocycles. The van der Waals surface area contributed by atoms with Gasteiger partial charge >= 0.3 is 5.97 Å². The predicted molar refractivity (Wildman–Crippen MR) is 86.9 cm³/mol. The van der Waals surface area contributed by atoms with Gasteiger partial charge in [0.15, 0.2) is 0 Å². The summed E-state index contributed by atoms with van der Waals surface area (Å²) in [5, 5.41) is 19.5. The summed E-state index contributed by atoms with van der Waals surface area (Å²) in [7, 11) is 0. The van der Waals surface area contributed by atoms with E-state index >= 15 is 0 Å². The SMILES string of the molecule is CC(C)(C)c1ccc(C(O)CN2CCCC(C(=O)O)C2)cc1. The molecule has 4 heteroatoms. The Kier molecular flexibility index (Phi) is 5.24. The number of aliphatic carboxylic acids is 1. The molecule has 2 unspecified atom stereocenters. The number of piperidine rings is 1. The van der Waals surface area contributed by atoms with Crippen LogP contribution in [0.3, 0.4) is 0 Å². The molecule has 2 rings (SSSR count). The zero-order valence-electron chi connectivity index (χ0n) is 13.7. The Morgan fingerprint density at radius 1 is 1.32 bits per heavy atom. The van der Waals surface area contributed by atoms with Crippen LogP contribution in [-0.4, -0.2) is 40.7 Å². The molecule has 0 amide bonds. The molecule has 2 atom stereocenters. The number of benzene rings is 1. The Hall–Kier alpha value is -1.39. The lowest BCUT2D eigenvalue weighted by molar-refractivity contribution is -0.143. The third-order valence-electron chi connectivity index (χ3n) is 4.45. The number of carboxylic acids is 1. The predicted octanol–water partition coefficient (Wildman–Crippen LogP) is 2.81. The van der Waals surface area contributed by atoms with E-state index in [1.54, 1.807) is 0 Å². The first-order valence-electron chi connectivity index (χ1n) is 8.01. The Labute approximate surface area is 132 Å². The summed E-state index contributed by atoms with van der Waals surface area (Å²) < 4.78 is 0. The second-order valence-corrected chi connectivity index (χ2v) is 7.32. The number of rotatable bonds is 4. The van der Waals surface area contributed by atoms with Gasteiger partial charge in [0.25, 0.3) is 0 Å². The lowest BCUT2D eigenvalue weighted by Crippen LogP contribution is -2.40. The van der Waals surface area contributed by atoms with E-state index in [4.69, 9.17) is 5.11 Å². The minimum Gasteiger partial charge on any atom is -0.481 e. The van der Waals surface area contributed by atoms with Crippen molar-refractivity contribution in [3.8, 4) is 0 Å². The number of hydrogen-bond acceptors (Lipinski definition) is 3. The van der Waals surface area contributed by atoms with E-state index < -0.39 is 12.1 Å². The zero-order valence-corrected chi connectivity index (χ0v) is 13.7. The van der Waals surface area contributed by atoms with Gasteiger partial charge in [-0.25, -0.2) is 0 Å². The van der Waals surface area contributed by atoms with Crippen molar-refractivity contribution in [2.75, 3.05) is 19.6 Å². The summed E-state index contributed by atoms with van der Waals surface area (Å²) in [5.74, 6) is -1.03. The van der Waals surface area contributed by atoms with Crippen molar-refractivity contribution in [2.24, 2.45) is 5.92 Å². The summed E-state index contributed by atoms with van der Waals surface area (Å²) in [6.07, 6.45) is 1.05. The highest BCUT2D eigenvalue weighted by atomic mass is 16.4. The first-order valence-corrected chi connectivity index (χ1v) is 8.01. The van der Waals surface area contributed by atoms with Crippen LogP contribution in [0.4, 0.5) is 0 Å². The first-order chi connectivity index (χ1) is 10.3. The van der Waals surface area contributed by atoms with E-state index in [2.05, 4.69) is 37.8 Å². The summed E-state index contributed by atoms with van der Waals surface area (Å²) in [6, 6.07) is 8.08. The zero-order chi connectivity index (χ0) is 16.3. The van der Waals surface area contributed by atoms with Crippen LogP contribution in [-0.2, 0) is 10.2 Å². The number of aliphatic hydroxyl groups excluding tert-OH is 1. The van der Waals surface area contributed by atoms with E-state index in [9.17, 15) is 9.90 Å². The smallest absolute Gasteiger partial charge is 0.307 e. The fourth-order valence-corrected chi connectivity index (χ4v) is 2.98. The van der Waals surface area contributed by atoms with Crippen molar-refractivity contribution in [3.05, 3.63) is 35.4 Å². The second-order valence-electron chi connectivity index (χ2n) is 7.32. The maximum Gasteiger partial charge on any atom is 0.307 e. The Balaban J connectivity index is 1.97. The Morgan fingerprint density at radius 3 is 2.50 bits per heavy atom. The van der Waals surface area contributed by atoms with Gasteiger partial charge in [-0.05, 0) is 35.9 Å². The van der Waals surface area contributed by atoms with Gasteiger partial charge in [0.2, 0.25) is 0 Å². The van der Waals surface area contributed by atoms with E-state index in [0.29, 0.717) is 13.1 Å². The molecule has 1 aliphatic rings. The van der Waals surface area contributed by atoms with Gasteiger partial charge in [0.05, 0.1) is 12.0 Å². The Bertz CT molecular complexity index is 504. The van der Waals surface area contributed by atoms with E-state index in [1.165, 1.54) is 5.56 Å². The molecule has 0 saturated carbocycles. The number of likely N-dealkylation sites (tertiary alicyclic amines) is 1. The van der Waals surface area contributed by atoms with Gasteiger partial charge in [-0.1, -0.05) is 45.0 Å². The molecular formula is C18H27NO3. The van der Waals surface area contributed by atoms with Crippen LogP contribution in [0.15, 0.2) is 24.3 Å². The number of hydrogen-bond donors (Lipinski definition) is 2. The van der Waals surface area contributed by atoms with Gasteiger partial charge in [-0.15, -0.1) is 0 Å². The molecule has 1 fully saturated rings. The number of β-amino-alcohol motifs (C(OH)–C–C–N with tert-alkyl or cyclic N) is 1. The van der Waals surface area contributed by atoms with Crippen molar-refractivity contribution in [1.82, 2.24) is 4.90 Å². The molecule has 0 spiro atoms. The first kappa shape index (κ1) is 17.0. The summed E-state index contributed by atoms with van der Waals surface area (Å²) in [5.41, 5.74) is 2.24. The molecule has 0 aliphatic carbocycles. The van der Waals surface area contributed by atoms with Crippen LogP contribution in [0, 0.1) is 5.92 Å². The van der Waals surface area contributed by atoms with Gasteiger partial charge in [-0.3, -0.25) is 9.69 Å². The highest BCUT2D eigenvalue weighted by molar-refractivity contribution is 5.70. The summed E-state index contributed by atoms with van der Waals surface area (Å²) >= 11 is 0. The number of carbonyl (C=O) groups is 1.